The van der Waals surface area contributed by atoms with Crippen LogP contribution in [0.1, 0.15) is 53.5 Å². The maximum absolute atomic E-state index is 13.2. The number of carbonyl (C=O) groups is 2. The Morgan fingerprint density at radius 1 is 1.31 bits per heavy atom. The van der Waals surface area contributed by atoms with Crippen LogP contribution < -0.4 is 16.4 Å². The minimum atomic E-state index is -0.903. The lowest BCUT2D eigenvalue weighted by Crippen LogP contribution is -2.41. The van der Waals surface area contributed by atoms with Gasteiger partial charge in [0.2, 0.25) is 5.91 Å². The maximum atomic E-state index is 13.2. The summed E-state index contributed by atoms with van der Waals surface area (Å²) in [4.78, 5) is 37.0. The van der Waals surface area contributed by atoms with Crippen molar-refractivity contribution in [3.63, 3.8) is 0 Å². The second kappa shape index (κ2) is 9.80. The third-order valence-corrected chi connectivity index (χ3v) is 6.61. The molecule has 32 heavy (non-hydrogen) atoms. The van der Waals surface area contributed by atoms with E-state index in [0.29, 0.717) is 22.5 Å². The van der Waals surface area contributed by atoms with Gasteiger partial charge in [0, 0.05) is 26.0 Å². The Bertz CT molecular complexity index is 1060. The summed E-state index contributed by atoms with van der Waals surface area (Å²) in [5.74, 6) is -0.480. The second-order valence-corrected chi connectivity index (χ2v) is 9.37. The van der Waals surface area contributed by atoms with Crippen molar-refractivity contribution in [3.05, 3.63) is 33.8 Å². The summed E-state index contributed by atoms with van der Waals surface area (Å²) in [7, 11) is 2.14. The first-order valence-electron chi connectivity index (χ1n) is 10.3. The Labute approximate surface area is 192 Å². The van der Waals surface area contributed by atoms with Crippen molar-refractivity contribution in [2.75, 3.05) is 7.05 Å². The van der Waals surface area contributed by atoms with Gasteiger partial charge in [-0.15, -0.1) is 3.89 Å². The highest BCUT2D eigenvalue weighted by molar-refractivity contribution is 7.92. The number of imidazole rings is 1. The summed E-state index contributed by atoms with van der Waals surface area (Å²) in [5, 5.41) is 1.00. The fourth-order valence-electron chi connectivity index (χ4n) is 3.58. The highest BCUT2D eigenvalue weighted by atomic mass is 32.2. The molecule has 2 rings (SSSR count). The van der Waals surface area contributed by atoms with Gasteiger partial charge in [-0.05, 0) is 41.0 Å². The summed E-state index contributed by atoms with van der Waals surface area (Å²) >= 11 is -0.200. The van der Waals surface area contributed by atoms with E-state index in [4.69, 9.17) is 9.31 Å². The van der Waals surface area contributed by atoms with Crippen molar-refractivity contribution in [1.29, 1.82) is 0 Å². The van der Waals surface area contributed by atoms with Gasteiger partial charge in [-0.2, -0.15) is 0 Å². The highest BCUT2D eigenvalue weighted by Gasteiger charge is 2.52. The van der Waals surface area contributed by atoms with Crippen molar-refractivity contribution < 1.29 is 22.8 Å². The predicted molar refractivity (Wildman–Crippen MR) is 125 cm³/mol. The smallest absolute Gasteiger partial charge is 0.399 e. The van der Waals surface area contributed by atoms with Crippen molar-refractivity contribution in [1.82, 2.24) is 13.4 Å². The quantitative estimate of drug-likeness (QED) is 0.327. The molecule has 0 radical (unpaired) electrons. The number of hydrogen-bond acceptors (Lipinski definition) is 6. The Kier molecular flexibility index (Phi) is 8.01. The van der Waals surface area contributed by atoms with E-state index < -0.39 is 36.0 Å². The van der Waals surface area contributed by atoms with Crippen molar-refractivity contribution in [3.8, 4) is 0 Å². The Balaban J connectivity index is 2.64. The molecule has 0 aromatic carbocycles. The Hall–Kier alpha value is -2.11. The molecule has 1 atom stereocenters. The molecule has 1 fully saturated rings. The fraction of sp³-hybridized carbons (Fsp3) is 0.571. The molecule has 1 saturated heterocycles. The molecule has 1 unspecified atom stereocenters. The molecule has 0 N–H and O–H groups in total. The van der Waals surface area contributed by atoms with Crippen molar-refractivity contribution in [2.45, 2.75) is 64.7 Å². The van der Waals surface area contributed by atoms with E-state index in [2.05, 4.69) is 6.58 Å². The summed E-state index contributed by atoms with van der Waals surface area (Å²) in [6.45, 7) is 13.4. The third-order valence-electron chi connectivity index (χ3n) is 6.20. The summed E-state index contributed by atoms with van der Waals surface area (Å²) in [5.41, 5.74) is -1.04. The van der Waals surface area contributed by atoms with Crippen LogP contribution in [0.15, 0.2) is 17.4 Å². The Morgan fingerprint density at radius 2 is 1.88 bits per heavy atom. The lowest BCUT2D eigenvalue weighted by molar-refractivity contribution is -0.125. The summed E-state index contributed by atoms with van der Waals surface area (Å²) in [6, 6.07) is -0.903. The molecule has 1 amide bonds. The van der Waals surface area contributed by atoms with Gasteiger partial charge in [-0.25, -0.2) is 4.79 Å². The van der Waals surface area contributed by atoms with Crippen LogP contribution >= 0.6 is 12.3 Å². The molecule has 0 aliphatic carbocycles. The van der Waals surface area contributed by atoms with Crippen LogP contribution in [-0.2, 0) is 25.9 Å². The zero-order chi connectivity index (χ0) is 24.4. The Morgan fingerprint density at radius 3 is 2.31 bits per heavy atom. The molecular weight excluding hydrogens is 436 g/mol. The molecule has 0 bridgehead atoms. The van der Waals surface area contributed by atoms with E-state index in [0.717, 1.165) is 4.31 Å². The monoisotopic (exact) mass is 467 g/mol. The normalized spacial score (nSPS) is 19.6. The van der Waals surface area contributed by atoms with Crippen molar-refractivity contribution in [2.24, 2.45) is 7.05 Å². The molecule has 1 aliphatic rings. The zero-order valence-corrected chi connectivity index (χ0v) is 20.5. The average molecular weight is 467 g/mol. The van der Waals surface area contributed by atoms with E-state index in [9.17, 15) is 18.3 Å². The van der Waals surface area contributed by atoms with Gasteiger partial charge in [-0.1, -0.05) is 18.7 Å². The lowest BCUT2D eigenvalue weighted by atomic mass is 9.77. The molecule has 11 heteroatoms. The van der Waals surface area contributed by atoms with Crippen LogP contribution in [0, 0.1) is 0 Å². The molecule has 1 aromatic heterocycles. The number of nitrogens with zero attached hydrogens (tertiary/aromatic N) is 3. The molecule has 1 aromatic rings. The van der Waals surface area contributed by atoms with Crippen LogP contribution in [0.2, 0.25) is 0 Å². The number of aldehydes is 1. The second-order valence-electron chi connectivity index (χ2n) is 8.68. The molecular formula is C21H31BFN3O5S. The third kappa shape index (κ3) is 4.65. The standard InChI is InChI=1S/C21H31BFN3O5S/c1-9-15(22-30-20(3,4)21(5,6)31-22)18-16(10-2)26(19(29)24(18)7)14(13-27)11-12-17(28)25(8)32-23/h9-10,13-14H,1,11-12H2,2-8H3/b16-10+,18-15-. The molecule has 0 saturated carbocycles. The maximum Gasteiger partial charge on any atom is 0.497 e. The molecule has 8 nitrogen and oxygen atoms in total. The number of halogens is 1. The zero-order valence-electron chi connectivity index (χ0n) is 19.7. The average Bonchev–Trinajstić information content (AvgIpc) is 3.11. The van der Waals surface area contributed by atoms with Crippen LogP contribution in [-0.4, -0.2) is 51.0 Å². The summed E-state index contributed by atoms with van der Waals surface area (Å²) < 4.78 is 28.5. The predicted octanol–water partition coefficient (Wildman–Crippen LogP) is 1.47. The first-order valence-corrected chi connectivity index (χ1v) is 11.0. The number of carbonyl (C=O) groups excluding carboxylic acids is 2. The minimum Gasteiger partial charge on any atom is -0.399 e. The van der Waals surface area contributed by atoms with Crippen LogP contribution in [0.25, 0.3) is 11.5 Å². The van der Waals surface area contributed by atoms with Crippen LogP contribution in [0.4, 0.5) is 3.89 Å². The summed E-state index contributed by atoms with van der Waals surface area (Å²) in [6.07, 6.45) is 3.88. The van der Waals surface area contributed by atoms with Crippen LogP contribution in [0.5, 0.6) is 0 Å². The van der Waals surface area contributed by atoms with Gasteiger partial charge in [0.25, 0.3) is 0 Å². The van der Waals surface area contributed by atoms with Gasteiger partial charge in [0.05, 0.1) is 27.9 Å². The largest absolute Gasteiger partial charge is 0.497 e. The first-order chi connectivity index (χ1) is 14.9. The molecule has 2 heterocycles. The van der Waals surface area contributed by atoms with Gasteiger partial charge < -0.3 is 14.1 Å². The highest BCUT2D eigenvalue weighted by Crippen LogP contribution is 2.38. The minimum absolute atomic E-state index is 0.0529. The topological polar surface area (TPSA) is 82.8 Å². The SMILES string of the molecule is C=C/C(B1OC(C)(C)C(C)(C)O1)=c1\c(=C/C)n(C(C=O)CCC(=O)N(C)SF)c(=O)n1C. The molecule has 176 valence electrons. The number of allylic oxidation sites excluding steroid dienone is 1. The molecule has 0 spiro atoms. The van der Waals surface area contributed by atoms with Gasteiger partial charge in [0.1, 0.15) is 6.29 Å². The number of aromatic nitrogens is 2. The van der Waals surface area contributed by atoms with E-state index >= 15 is 0 Å². The van der Waals surface area contributed by atoms with Gasteiger partial charge >= 0.3 is 12.8 Å². The number of amides is 1. The van der Waals surface area contributed by atoms with Crippen molar-refractivity contribution >= 4 is 43.2 Å². The van der Waals surface area contributed by atoms with E-state index in [1.807, 2.05) is 27.7 Å². The number of rotatable bonds is 8. The number of hydrogen-bond donors (Lipinski definition) is 0. The fourth-order valence-corrected chi connectivity index (χ4v) is 3.75. The van der Waals surface area contributed by atoms with E-state index in [-0.39, 0.29) is 25.2 Å². The molecule has 1 aliphatic heterocycles. The lowest BCUT2D eigenvalue weighted by Gasteiger charge is -2.32. The van der Waals surface area contributed by atoms with Crippen LogP contribution in [0.3, 0.4) is 0 Å². The first kappa shape index (κ1) is 26.1. The van der Waals surface area contributed by atoms with Gasteiger partial charge in [0.15, 0.2) is 12.3 Å². The van der Waals surface area contributed by atoms with E-state index in [1.165, 1.54) is 16.2 Å². The van der Waals surface area contributed by atoms with E-state index in [1.54, 1.807) is 26.1 Å². The van der Waals surface area contributed by atoms with Gasteiger partial charge in [-0.3, -0.25) is 18.2 Å².